The summed E-state index contributed by atoms with van der Waals surface area (Å²) in [5, 5.41) is 0. The van der Waals surface area contributed by atoms with Gasteiger partial charge in [-0.25, -0.2) is 0 Å². The predicted octanol–water partition coefficient (Wildman–Crippen LogP) is 8.38. The van der Waals surface area contributed by atoms with Crippen LogP contribution >= 0.6 is 0 Å². The van der Waals surface area contributed by atoms with E-state index in [2.05, 4.69) is 6.92 Å². The minimum atomic E-state index is -0.0609. The molecule has 0 saturated heterocycles. The van der Waals surface area contributed by atoms with Gasteiger partial charge in [0.1, 0.15) is 6.61 Å². The highest BCUT2D eigenvalue weighted by atomic mass is 16.5. The smallest absolute Gasteiger partial charge is 0.306 e. The number of carbonyl (C=O) groups excluding carboxylic acids is 1. The molecule has 0 aliphatic heterocycles. The molecule has 0 fully saturated rings. The maximum Gasteiger partial charge on any atom is 0.306 e. The zero-order chi connectivity index (χ0) is 20.1. The summed E-state index contributed by atoms with van der Waals surface area (Å²) in [6, 6.07) is 9.89. The van der Waals surface area contributed by atoms with E-state index in [1.807, 2.05) is 30.3 Å². The van der Waals surface area contributed by atoms with Crippen LogP contribution in [-0.2, 0) is 16.1 Å². The Kier molecular flexibility index (Phi) is 16.8. The van der Waals surface area contributed by atoms with Crippen molar-refractivity contribution in [2.45, 2.75) is 123 Å². The molecule has 28 heavy (non-hydrogen) atoms. The second-order valence-electron chi connectivity index (χ2n) is 8.20. The molecule has 0 heterocycles. The van der Waals surface area contributed by atoms with E-state index < -0.39 is 0 Å². The molecule has 2 heteroatoms. The van der Waals surface area contributed by atoms with E-state index in [1.54, 1.807) is 0 Å². The summed E-state index contributed by atoms with van der Waals surface area (Å²) in [5.74, 6) is -0.0609. The van der Waals surface area contributed by atoms with Crippen molar-refractivity contribution in [3.8, 4) is 0 Å². The van der Waals surface area contributed by atoms with Gasteiger partial charge in [0, 0.05) is 6.42 Å². The van der Waals surface area contributed by atoms with Crippen LogP contribution in [0.1, 0.15) is 122 Å². The van der Waals surface area contributed by atoms with E-state index in [0.717, 1.165) is 18.4 Å². The molecule has 0 radical (unpaired) electrons. The molecule has 1 aromatic rings. The maximum atomic E-state index is 11.7. The first kappa shape index (κ1) is 24.7. The first-order chi connectivity index (χ1) is 13.8. The Hall–Kier alpha value is -1.31. The van der Waals surface area contributed by atoms with Gasteiger partial charge in [-0.2, -0.15) is 0 Å². The Labute approximate surface area is 174 Å². The molecule has 0 bridgehead atoms. The molecule has 0 aliphatic rings. The fraction of sp³-hybridized carbons (Fsp3) is 0.731. The van der Waals surface area contributed by atoms with Crippen LogP contribution in [0.15, 0.2) is 30.3 Å². The van der Waals surface area contributed by atoms with Gasteiger partial charge in [0.2, 0.25) is 0 Å². The lowest BCUT2D eigenvalue weighted by Gasteiger charge is -2.05. The van der Waals surface area contributed by atoms with Crippen LogP contribution in [0.5, 0.6) is 0 Å². The molecule has 1 rings (SSSR count). The van der Waals surface area contributed by atoms with Gasteiger partial charge in [-0.3, -0.25) is 4.79 Å². The van der Waals surface area contributed by atoms with Gasteiger partial charge >= 0.3 is 5.97 Å². The number of ether oxygens (including phenoxy) is 1. The minimum Gasteiger partial charge on any atom is -0.461 e. The fourth-order valence-electron chi connectivity index (χ4n) is 3.63. The Balaban J connectivity index is 1.75. The average Bonchev–Trinajstić information content (AvgIpc) is 2.72. The third-order valence-electron chi connectivity index (χ3n) is 5.48. The van der Waals surface area contributed by atoms with Crippen molar-refractivity contribution in [3.05, 3.63) is 35.9 Å². The molecule has 2 nitrogen and oxygen atoms in total. The number of benzene rings is 1. The molecule has 0 saturated carbocycles. The van der Waals surface area contributed by atoms with E-state index in [0.29, 0.717) is 13.0 Å². The summed E-state index contributed by atoms with van der Waals surface area (Å²) in [6.07, 6.45) is 22.2. The van der Waals surface area contributed by atoms with Crippen LogP contribution in [0.4, 0.5) is 0 Å². The number of hydrogen-bond donors (Lipinski definition) is 0. The van der Waals surface area contributed by atoms with Crippen LogP contribution in [0.25, 0.3) is 0 Å². The summed E-state index contributed by atoms with van der Waals surface area (Å²) in [6.45, 7) is 2.68. The average molecular weight is 389 g/mol. The van der Waals surface area contributed by atoms with Crippen LogP contribution in [0, 0.1) is 0 Å². The molecular weight excluding hydrogens is 344 g/mol. The van der Waals surface area contributed by atoms with Gasteiger partial charge in [-0.1, -0.05) is 134 Å². The Morgan fingerprint density at radius 3 is 1.54 bits per heavy atom. The second-order valence-corrected chi connectivity index (χ2v) is 8.20. The van der Waals surface area contributed by atoms with E-state index in [4.69, 9.17) is 4.74 Å². The van der Waals surface area contributed by atoms with Crippen molar-refractivity contribution in [1.82, 2.24) is 0 Å². The number of esters is 1. The van der Waals surface area contributed by atoms with Crippen molar-refractivity contribution in [2.75, 3.05) is 0 Å². The third kappa shape index (κ3) is 15.7. The van der Waals surface area contributed by atoms with Gasteiger partial charge in [-0.15, -0.1) is 0 Å². The summed E-state index contributed by atoms with van der Waals surface area (Å²) < 4.78 is 5.31. The van der Waals surface area contributed by atoms with Gasteiger partial charge in [0.05, 0.1) is 0 Å². The first-order valence-electron chi connectivity index (χ1n) is 12.0. The number of rotatable bonds is 19. The van der Waals surface area contributed by atoms with Crippen molar-refractivity contribution in [2.24, 2.45) is 0 Å². The van der Waals surface area contributed by atoms with E-state index >= 15 is 0 Å². The Bertz CT molecular complexity index is 455. The van der Waals surface area contributed by atoms with Crippen molar-refractivity contribution >= 4 is 5.97 Å². The highest BCUT2D eigenvalue weighted by Crippen LogP contribution is 2.14. The quantitative estimate of drug-likeness (QED) is 0.176. The highest BCUT2D eigenvalue weighted by molar-refractivity contribution is 5.69. The molecule has 0 unspecified atom stereocenters. The second kappa shape index (κ2) is 19.0. The van der Waals surface area contributed by atoms with E-state index in [1.165, 1.54) is 89.9 Å². The van der Waals surface area contributed by atoms with Crippen molar-refractivity contribution < 1.29 is 9.53 Å². The first-order valence-corrected chi connectivity index (χ1v) is 12.0. The maximum absolute atomic E-state index is 11.7. The molecular formula is C26H44O2. The van der Waals surface area contributed by atoms with Gasteiger partial charge in [0.25, 0.3) is 0 Å². The standard InChI is InChI=1S/C26H44O2/c1-2-3-4-5-6-7-8-9-10-11-12-13-14-15-16-20-23-26(27)28-24-25-21-18-17-19-22-25/h17-19,21-22H,2-16,20,23-24H2,1H3. The third-order valence-corrected chi connectivity index (χ3v) is 5.48. The summed E-state index contributed by atoms with van der Waals surface area (Å²) in [7, 11) is 0. The summed E-state index contributed by atoms with van der Waals surface area (Å²) in [5.41, 5.74) is 1.06. The Morgan fingerprint density at radius 1 is 0.643 bits per heavy atom. The van der Waals surface area contributed by atoms with Gasteiger partial charge in [0.15, 0.2) is 0 Å². The van der Waals surface area contributed by atoms with Gasteiger partial charge in [-0.05, 0) is 12.0 Å². The fourth-order valence-corrected chi connectivity index (χ4v) is 3.63. The molecule has 0 atom stereocenters. The molecule has 0 aromatic heterocycles. The molecule has 160 valence electrons. The minimum absolute atomic E-state index is 0.0609. The number of carbonyl (C=O) groups is 1. The van der Waals surface area contributed by atoms with Crippen LogP contribution in [0.3, 0.4) is 0 Å². The monoisotopic (exact) mass is 388 g/mol. The molecule has 0 amide bonds. The van der Waals surface area contributed by atoms with Crippen molar-refractivity contribution in [3.63, 3.8) is 0 Å². The van der Waals surface area contributed by atoms with E-state index in [9.17, 15) is 4.79 Å². The lowest BCUT2D eigenvalue weighted by molar-refractivity contribution is -0.145. The van der Waals surface area contributed by atoms with Crippen LogP contribution in [0.2, 0.25) is 0 Å². The zero-order valence-electron chi connectivity index (χ0n) is 18.4. The topological polar surface area (TPSA) is 26.3 Å². The SMILES string of the molecule is CCCCCCCCCCCCCCCCCCC(=O)OCc1ccccc1. The predicted molar refractivity (Wildman–Crippen MR) is 120 cm³/mol. The number of hydrogen-bond acceptors (Lipinski definition) is 2. The molecule has 0 N–H and O–H groups in total. The lowest BCUT2D eigenvalue weighted by atomic mass is 10.0. The zero-order valence-corrected chi connectivity index (χ0v) is 18.4. The van der Waals surface area contributed by atoms with Crippen LogP contribution in [-0.4, -0.2) is 5.97 Å². The largest absolute Gasteiger partial charge is 0.461 e. The van der Waals surface area contributed by atoms with Crippen LogP contribution < -0.4 is 0 Å². The molecule has 0 aliphatic carbocycles. The number of unbranched alkanes of at least 4 members (excludes halogenated alkanes) is 15. The Morgan fingerprint density at radius 2 is 1.07 bits per heavy atom. The van der Waals surface area contributed by atoms with Gasteiger partial charge < -0.3 is 4.74 Å². The van der Waals surface area contributed by atoms with E-state index in [-0.39, 0.29) is 5.97 Å². The molecule has 1 aromatic carbocycles. The summed E-state index contributed by atoms with van der Waals surface area (Å²) >= 11 is 0. The normalized spacial score (nSPS) is 10.9. The van der Waals surface area contributed by atoms with Crippen molar-refractivity contribution in [1.29, 1.82) is 0 Å². The summed E-state index contributed by atoms with van der Waals surface area (Å²) in [4.78, 5) is 11.7. The molecule has 0 spiro atoms. The lowest BCUT2D eigenvalue weighted by Crippen LogP contribution is -2.04. The highest BCUT2D eigenvalue weighted by Gasteiger charge is 2.03.